The van der Waals surface area contributed by atoms with Crippen molar-refractivity contribution in [3.63, 3.8) is 0 Å². The van der Waals surface area contributed by atoms with Crippen LogP contribution in [0.3, 0.4) is 0 Å². The van der Waals surface area contributed by atoms with Crippen molar-refractivity contribution in [1.82, 2.24) is 4.90 Å². The van der Waals surface area contributed by atoms with Crippen LogP contribution >= 0.6 is 11.9 Å². The van der Waals surface area contributed by atoms with Gasteiger partial charge in [0.05, 0.1) is 26.5 Å². The van der Waals surface area contributed by atoms with Gasteiger partial charge in [0.2, 0.25) is 5.91 Å². The molecule has 39 heavy (non-hydrogen) atoms. The summed E-state index contributed by atoms with van der Waals surface area (Å²) in [5.74, 6) is 0.915. The Bertz CT molecular complexity index is 1430. The lowest BCUT2D eigenvalue weighted by molar-refractivity contribution is -0.131. The van der Waals surface area contributed by atoms with Crippen LogP contribution in [0, 0.1) is 5.82 Å². The summed E-state index contributed by atoms with van der Waals surface area (Å²) in [6.45, 7) is 1.84. The van der Waals surface area contributed by atoms with Crippen LogP contribution in [0.25, 0.3) is 11.1 Å². The number of ether oxygens (including phenoxy) is 2. The van der Waals surface area contributed by atoms with Crippen LogP contribution in [0.1, 0.15) is 5.56 Å². The minimum Gasteiger partial charge on any atom is -0.493 e. The first-order valence-electron chi connectivity index (χ1n) is 12.7. The third kappa shape index (κ3) is 6.29. The van der Waals surface area contributed by atoms with Gasteiger partial charge in [-0.05, 0) is 71.1 Å². The molecule has 0 spiro atoms. The lowest BCUT2D eigenvalue weighted by Crippen LogP contribution is -2.50. The van der Waals surface area contributed by atoms with Crippen LogP contribution in [-0.2, 0) is 11.3 Å². The van der Waals surface area contributed by atoms with E-state index in [9.17, 15) is 9.18 Å². The van der Waals surface area contributed by atoms with Crippen molar-refractivity contribution in [1.29, 1.82) is 0 Å². The van der Waals surface area contributed by atoms with E-state index in [1.54, 1.807) is 20.3 Å². The summed E-state index contributed by atoms with van der Waals surface area (Å²) < 4.78 is 28.7. The number of piperazine rings is 1. The van der Waals surface area contributed by atoms with Gasteiger partial charge >= 0.3 is 0 Å². The van der Waals surface area contributed by atoms with Crippen molar-refractivity contribution in [3.8, 4) is 22.6 Å². The number of anilines is 2. The molecule has 0 atom stereocenters. The number of halogens is 1. The summed E-state index contributed by atoms with van der Waals surface area (Å²) in [6.07, 6.45) is 0. The van der Waals surface area contributed by atoms with Crippen LogP contribution in [0.5, 0.6) is 11.5 Å². The van der Waals surface area contributed by atoms with Gasteiger partial charge in [-0.2, -0.15) is 0 Å². The van der Waals surface area contributed by atoms with Gasteiger partial charge in [0.1, 0.15) is 5.82 Å². The molecule has 8 heteroatoms. The molecule has 1 saturated heterocycles. The molecule has 5 rings (SSSR count). The summed E-state index contributed by atoms with van der Waals surface area (Å²) in [6, 6.07) is 29.0. The second kappa shape index (κ2) is 12.1. The van der Waals surface area contributed by atoms with Crippen LogP contribution in [-0.4, -0.2) is 44.7 Å². The SMILES string of the molecule is COc1ccc(CN2CCN(c3ccc(NSc4ccc(-c5ccccc5)cc4)c(F)c3)CC2=O)cc1OC. The fourth-order valence-corrected chi connectivity index (χ4v) is 5.20. The molecule has 4 aromatic rings. The molecule has 0 radical (unpaired) electrons. The number of amides is 1. The summed E-state index contributed by atoms with van der Waals surface area (Å²) in [5, 5.41) is 0. The van der Waals surface area contributed by atoms with Crippen molar-refractivity contribution in [2.45, 2.75) is 11.4 Å². The van der Waals surface area contributed by atoms with Crippen molar-refractivity contribution in [3.05, 3.63) is 102 Å². The number of nitrogens with zero attached hydrogens (tertiary/aromatic N) is 2. The minimum absolute atomic E-state index is 0.00634. The average Bonchev–Trinajstić information content (AvgIpc) is 2.98. The molecule has 200 valence electrons. The largest absolute Gasteiger partial charge is 0.493 e. The first kappa shape index (κ1) is 26.4. The zero-order valence-electron chi connectivity index (χ0n) is 21.9. The Balaban J connectivity index is 1.16. The molecule has 0 saturated carbocycles. The van der Waals surface area contributed by atoms with Gasteiger partial charge in [-0.1, -0.05) is 48.5 Å². The third-order valence-electron chi connectivity index (χ3n) is 6.70. The molecule has 1 N–H and O–H groups in total. The van der Waals surface area contributed by atoms with Gasteiger partial charge in [-0.3, -0.25) is 4.79 Å². The van der Waals surface area contributed by atoms with E-state index in [0.29, 0.717) is 42.5 Å². The Hall–Kier alpha value is -4.17. The number of carbonyl (C=O) groups excluding carboxylic acids is 1. The molecule has 1 amide bonds. The fraction of sp³-hybridized carbons (Fsp3) is 0.194. The first-order chi connectivity index (χ1) is 19.0. The first-order valence-corrected chi connectivity index (χ1v) is 13.5. The van der Waals surface area contributed by atoms with Crippen LogP contribution < -0.4 is 19.1 Å². The predicted molar refractivity (Wildman–Crippen MR) is 155 cm³/mol. The van der Waals surface area contributed by atoms with E-state index in [-0.39, 0.29) is 18.3 Å². The standard InChI is InChI=1S/C31H30FN3O3S/c1-37-29-15-8-22(18-30(29)38-2)20-35-17-16-34(21-31(35)36)25-11-14-28(27(32)19-25)33-39-26-12-9-24(10-13-26)23-6-4-3-5-7-23/h3-15,18-19,33H,16-17,20-21H2,1-2H3. The van der Waals surface area contributed by atoms with E-state index < -0.39 is 0 Å². The van der Waals surface area contributed by atoms with E-state index in [4.69, 9.17) is 9.47 Å². The van der Waals surface area contributed by atoms with Gasteiger partial charge in [-0.25, -0.2) is 4.39 Å². The highest BCUT2D eigenvalue weighted by Crippen LogP contribution is 2.30. The normalized spacial score (nSPS) is 13.4. The Labute approximate surface area is 232 Å². The third-order valence-corrected chi connectivity index (χ3v) is 7.53. The van der Waals surface area contributed by atoms with Crippen LogP contribution in [0.15, 0.2) is 95.9 Å². The van der Waals surface area contributed by atoms with E-state index in [1.807, 2.05) is 64.4 Å². The van der Waals surface area contributed by atoms with Crippen LogP contribution in [0.2, 0.25) is 0 Å². The van der Waals surface area contributed by atoms with Crippen molar-refractivity contribution < 1.29 is 18.7 Å². The number of methoxy groups -OCH3 is 2. The van der Waals surface area contributed by atoms with Gasteiger partial charge < -0.3 is 24.0 Å². The van der Waals surface area contributed by atoms with Crippen molar-refractivity contribution in [2.24, 2.45) is 0 Å². The lowest BCUT2D eigenvalue weighted by atomic mass is 10.1. The molecular formula is C31H30FN3O3S. The monoisotopic (exact) mass is 543 g/mol. The molecule has 0 unspecified atom stereocenters. The smallest absolute Gasteiger partial charge is 0.242 e. The van der Waals surface area contributed by atoms with E-state index >= 15 is 0 Å². The molecule has 0 aliphatic carbocycles. The molecular weight excluding hydrogens is 513 g/mol. The second-order valence-electron chi connectivity index (χ2n) is 9.18. The number of rotatable bonds is 9. The Kier molecular flexibility index (Phi) is 8.22. The highest BCUT2D eigenvalue weighted by atomic mass is 32.2. The Morgan fingerprint density at radius 2 is 1.59 bits per heavy atom. The predicted octanol–water partition coefficient (Wildman–Crippen LogP) is 6.48. The van der Waals surface area contributed by atoms with E-state index in [2.05, 4.69) is 29.0 Å². The number of carbonyl (C=O) groups is 1. The highest BCUT2D eigenvalue weighted by molar-refractivity contribution is 8.00. The Morgan fingerprint density at radius 3 is 2.28 bits per heavy atom. The van der Waals surface area contributed by atoms with Crippen LogP contribution in [0.4, 0.5) is 15.8 Å². The molecule has 6 nitrogen and oxygen atoms in total. The number of hydrogen-bond acceptors (Lipinski definition) is 6. The molecule has 1 heterocycles. The molecule has 1 fully saturated rings. The zero-order valence-corrected chi connectivity index (χ0v) is 22.7. The maximum Gasteiger partial charge on any atom is 0.242 e. The number of nitrogens with one attached hydrogen (secondary N) is 1. The summed E-state index contributed by atoms with van der Waals surface area (Å²) in [5.41, 5.74) is 4.34. The quantitative estimate of drug-likeness (QED) is 0.244. The zero-order chi connectivity index (χ0) is 27.2. The average molecular weight is 544 g/mol. The van der Waals surface area contributed by atoms with Crippen molar-refractivity contribution in [2.75, 3.05) is 43.5 Å². The van der Waals surface area contributed by atoms with Gasteiger partial charge in [-0.15, -0.1) is 0 Å². The summed E-state index contributed by atoms with van der Waals surface area (Å²) in [7, 11) is 3.18. The van der Waals surface area contributed by atoms with E-state index in [1.165, 1.54) is 18.0 Å². The number of hydrogen-bond donors (Lipinski definition) is 1. The number of benzene rings is 4. The maximum absolute atomic E-state index is 15.0. The molecule has 0 aromatic heterocycles. The summed E-state index contributed by atoms with van der Waals surface area (Å²) in [4.78, 5) is 17.6. The molecule has 1 aliphatic heterocycles. The summed E-state index contributed by atoms with van der Waals surface area (Å²) >= 11 is 1.36. The van der Waals surface area contributed by atoms with Gasteiger partial charge in [0.15, 0.2) is 11.5 Å². The topological polar surface area (TPSA) is 54.0 Å². The minimum atomic E-state index is -0.360. The van der Waals surface area contributed by atoms with Gasteiger partial charge in [0.25, 0.3) is 0 Å². The van der Waals surface area contributed by atoms with E-state index in [0.717, 1.165) is 21.6 Å². The van der Waals surface area contributed by atoms with Gasteiger partial charge in [0, 0.05) is 30.2 Å². The van der Waals surface area contributed by atoms with Crippen molar-refractivity contribution >= 4 is 29.2 Å². The fourth-order valence-electron chi connectivity index (χ4n) is 4.54. The molecule has 4 aromatic carbocycles. The molecule has 1 aliphatic rings. The lowest BCUT2D eigenvalue weighted by Gasteiger charge is -2.35. The Morgan fingerprint density at radius 1 is 0.846 bits per heavy atom. The highest BCUT2D eigenvalue weighted by Gasteiger charge is 2.25. The maximum atomic E-state index is 15.0. The second-order valence-corrected chi connectivity index (χ2v) is 10.1. The molecule has 0 bridgehead atoms.